The highest BCUT2D eigenvalue weighted by Crippen LogP contribution is 2.28. The van der Waals surface area contributed by atoms with Crippen LogP contribution in [0.4, 0.5) is 0 Å². The monoisotopic (exact) mass is 270 g/mol. The molecule has 0 aromatic carbocycles. The van der Waals surface area contributed by atoms with Crippen molar-refractivity contribution in [2.24, 2.45) is 11.8 Å². The molecular weight excluding hydrogens is 252 g/mol. The van der Waals surface area contributed by atoms with Crippen LogP contribution in [-0.4, -0.2) is 40.6 Å². The number of hydrogen-bond acceptors (Lipinski definition) is 4. The molecule has 0 heterocycles. The Labute approximate surface area is 102 Å². The molecule has 1 saturated carbocycles. The quantitative estimate of drug-likeness (QED) is 0.472. The molecule has 96 valence electrons. The molecule has 1 aliphatic rings. The predicted molar refractivity (Wildman–Crippen MR) is 63.2 cm³/mol. The Bertz CT molecular complexity index is 287. The Hall–Kier alpha value is 0.160. The highest BCUT2D eigenvalue weighted by molar-refractivity contribution is 8.13. The fourth-order valence-electron chi connectivity index (χ4n) is 1.32. The Morgan fingerprint density at radius 3 is 2.50 bits per heavy atom. The second-order valence-corrected chi connectivity index (χ2v) is 7.23. The highest BCUT2D eigenvalue weighted by atomic mass is 35.7. The predicted octanol–water partition coefficient (Wildman–Crippen LogP) is 1.63. The van der Waals surface area contributed by atoms with E-state index in [1.165, 1.54) is 12.8 Å². The van der Waals surface area contributed by atoms with E-state index in [4.69, 9.17) is 20.2 Å². The summed E-state index contributed by atoms with van der Waals surface area (Å²) >= 11 is 0. The zero-order chi connectivity index (χ0) is 12.0. The molecule has 0 aromatic rings. The van der Waals surface area contributed by atoms with Crippen molar-refractivity contribution in [2.45, 2.75) is 19.8 Å². The van der Waals surface area contributed by atoms with Crippen LogP contribution in [0, 0.1) is 11.8 Å². The summed E-state index contributed by atoms with van der Waals surface area (Å²) in [4.78, 5) is 0. The molecule has 0 spiro atoms. The van der Waals surface area contributed by atoms with Crippen molar-refractivity contribution >= 4 is 19.7 Å². The molecule has 1 atom stereocenters. The second-order valence-electron chi connectivity index (χ2n) is 4.40. The van der Waals surface area contributed by atoms with Crippen molar-refractivity contribution in [3.63, 3.8) is 0 Å². The maximum absolute atomic E-state index is 10.7. The first-order chi connectivity index (χ1) is 7.47. The first-order valence-electron chi connectivity index (χ1n) is 5.55. The molecule has 0 aromatic heterocycles. The van der Waals surface area contributed by atoms with Gasteiger partial charge in [-0.3, -0.25) is 0 Å². The van der Waals surface area contributed by atoms with Gasteiger partial charge in [0.2, 0.25) is 9.05 Å². The molecule has 4 nitrogen and oxygen atoms in total. The van der Waals surface area contributed by atoms with Gasteiger partial charge in [-0.2, -0.15) is 0 Å². The maximum Gasteiger partial charge on any atom is 0.232 e. The third-order valence-electron chi connectivity index (χ3n) is 2.31. The number of hydrogen-bond donors (Lipinski definition) is 0. The smallest absolute Gasteiger partial charge is 0.232 e. The van der Waals surface area contributed by atoms with Gasteiger partial charge in [-0.05, 0) is 24.7 Å². The van der Waals surface area contributed by atoms with Gasteiger partial charge < -0.3 is 9.47 Å². The van der Waals surface area contributed by atoms with E-state index in [1.807, 2.05) is 0 Å². The molecule has 1 fully saturated rings. The van der Waals surface area contributed by atoms with Crippen LogP contribution in [0.3, 0.4) is 0 Å². The van der Waals surface area contributed by atoms with Gasteiger partial charge in [0.1, 0.15) is 0 Å². The second kappa shape index (κ2) is 6.79. The topological polar surface area (TPSA) is 52.6 Å². The fraction of sp³-hybridized carbons (Fsp3) is 1.00. The van der Waals surface area contributed by atoms with E-state index < -0.39 is 9.05 Å². The van der Waals surface area contributed by atoms with E-state index in [9.17, 15) is 8.42 Å². The number of rotatable bonds is 9. The molecule has 0 saturated heterocycles. The van der Waals surface area contributed by atoms with Crippen LogP contribution in [0.15, 0.2) is 0 Å². The molecule has 1 unspecified atom stereocenters. The van der Waals surface area contributed by atoms with Crippen LogP contribution in [0.1, 0.15) is 19.8 Å². The van der Waals surface area contributed by atoms with Crippen LogP contribution in [0.2, 0.25) is 0 Å². The van der Waals surface area contributed by atoms with E-state index in [1.54, 1.807) is 6.92 Å². The lowest BCUT2D eigenvalue weighted by Crippen LogP contribution is -2.16. The van der Waals surface area contributed by atoms with Gasteiger partial charge in [0.05, 0.1) is 25.6 Å². The SMILES string of the molecule is CC(COCCOCC1CC1)CS(=O)(=O)Cl. The van der Waals surface area contributed by atoms with E-state index in [2.05, 4.69) is 0 Å². The standard InChI is InChI=1S/C10H19ClO4S/c1-9(8-16(11,12)13)6-14-4-5-15-7-10-2-3-10/h9-10H,2-8H2,1H3. The first-order valence-corrected chi connectivity index (χ1v) is 8.03. The lowest BCUT2D eigenvalue weighted by Gasteiger charge is -2.10. The van der Waals surface area contributed by atoms with Crippen LogP contribution in [0.5, 0.6) is 0 Å². The van der Waals surface area contributed by atoms with Gasteiger partial charge in [0, 0.05) is 17.3 Å². The maximum atomic E-state index is 10.7. The first kappa shape index (κ1) is 14.2. The van der Waals surface area contributed by atoms with E-state index >= 15 is 0 Å². The lowest BCUT2D eigenvalue weighted by molar-refractivity contribution is 0.0347. The third kappa shape index (κ3) is 8.33. The summed E-state index contributed by atoms with van der Waals surface area (Å²) in [6.45, 7) is 4.12. The van der Waals surface area contributed by atoms with Crippen LogP contribution in [0.25, 0.3) is 0 Å². The Balaban J connectivity index is 1.89. The minimum absolute atomic E-state index is 0.0442. The van der Waals surface area contributed by atoms with Crippen molar-refractivity contribution in [3.05, 3.63) is 0 Å². The summed E-state index contributed by atoms with van der Waals surface area (Å²) in [6, 6.07) is 0. The Morgan fingerprint density at radius 1 is 1.31 bits per heavy atom. The summed E-state index contributed by atoms with van der Waals surface area (Å²) in [5.41, 5.74) is 0. The van der Waals surface area contributed by atoms with Gasteiger partial charge in [0.15, 0.2) is 0 Å². The highest BCUT2D eigenvalue weighted by Gasteiger charge is 2.20. The van der Waals surface area contributed by atoms with Crippen molar-refractivity contribution in [2.75, 3.05) is 32.2 Å². The summed E-state index contributed by atoms with van der Waals surface area (Å²) in [5, 5.41) is 0. The van der Waals surface area contributed by atoms with Crippen LogP contribution >= 0.6 is 10.7 Å². The van der Waals surface area contributed by atoms with Gasteiger partial charge in [-0.15, -0.1) is 0 Å². The molecule has 0 N–H and O–H groups in total. The van der Waals surface area contributed by atoms with Crippen molar-refractivity contribution in [3.8, 4) is 0 Å². The van der Waals surface area contributed by atoms with Gasteiger partial charge >= 0.3 is 0 Å². The van der Waals surface area contributed by atoms with E-state index in [0.29, 0.717) is 19.8 Å². The molecule has 1 rings (SSSR count). The largest absolute Gasteiger partial charge is 0.379 e. The van der Waals surface area contributed by atoms with Crippen LogP contribution < -0.4 is 0 Å². The van der Waals surface area contributed by atoms with E-state index in [0.717, 1.165) is 12.5 Å². The van der Waals surface area contributed by atoms with Crippen molar-refractivity contribution in [1.82, 2.24) is 0 Å². The minimum atomic E-state index is -3.41. The Kier molecular flexibility index (Phi) is 6.03. The molecule has 0 radical (unpaired) electrons. The normalized spacial score (nSPS) is 18.6. The van der Waals surface area contributed by atoms with E-state index in [-0.39, 0.29) is 11.7 Å². The summed E-state index contributed by atoms with van der Waals surface area (Å²) in [7, 11) is 1.71. The molecule has 1 aliphatic carbocycles. The fourth-order valence-corrected chi connectivity index (χ4v) is 2.75. The Morgan fingerprint density at radius 2 is 1.94 bits per heavy atom. The summed E-state index contributed by atoms with van der Waals surface area (Å²) in [5.74, 6) is 0.642. The van der Waals surface area contributed by atoms with Crippen molar-refractivity contribution in [1.29, 1.82) is 0 Å². The van der Waals surface area contributed by atoms with Gasteiger partial charge in [-0.25, -0.2) is 8.42 Å². The zero-order valence-electron chi connectivity index (χ0n) is 9.52. The summed E-state index contributed by atoms with van der Waals surface area (Å²) in [6.07, 6.45) is 2.57. The molecule has 0 aliphatic heterocycles. The average Bonchev–Trinajstić information content (AvgIpc) is 2.91. The molecular formula is C10H19ClO4S. The molecule has 0 bridgehead atoms. The number of ether oxygens (including phenoxy) is 2. The molecule has 6 heteroatoms. The van der Waals surface area contributed by atoms with Crippen LogP contribution in [-0.2, 0) is 18.5 Å². The molecule has 0 amide bonds. The lowest BCUT2D eigenvalue weighted by atomic mass is 10.2. The molecule has 16 heavy (non-hydrogen) atoms. The third-order valence-corrected chi connectivity index (χ3v) is 3.65. The summed E-state index contributed by atoms with van der Waals surface area (Å²) < 4.78 is 32.2. The zero-order valence-corrected chi connectivity index (χ0v) is 11.1. The van der Waals surface area contributed by atoms with Crippen molar-refractivity contribution < 1.29 is 17.9 Å². The average molecular weight is 271 g/mol. The number of halogens is 1. The minimum Gasteiger partial charge on any atom is -0.379 e. The van der Waals surface area contributed by atoms with Gasteiger partial charge in [0.25, 0.3) is 0 Å². The van der Waals surface area contributed by atoms with Gasteiger partial charge in [-0.1, -0.05) is 6.92 Å².